The fourth-order valence-corrected chi connectivity index (χ4v) is 9.92. The minimum atomic E-state index is -1.16. The molecule has 4 aliphatic carbocycles. The first-order valence-electron chi connectivity index (χ1n) is 14.9. The Hall–Kier alpha value is -1.10. The average molecular weight is 505 g/mol. The van der Waals surface area contributed by atoms with Crippen LogP contribution in [0.1, 0.15) is 119 Å². The summed E-state index contributed by atoms with van der Waals surface area (Å²) < 4.78 is 11.5. The highest BCUT2D eigenvalue weighted by Crippen LogP contribution is 2.69. The molecular weight excluding hydrogens is 452 g/mol. The van der Waals surface area contributed by atoms with Gasteiger partial charge < -0.3 is 14.6 Å². The third kappa shape index (κ3) is 4.76. The molecule has 4 saturated carbocycles. The molecule has 0 amide bonds. The first-order chi connectivity index (χ1) is 16.8. The zero-order valence-electron chi connectivity index (χ0n) is 24.0. The lowest BCUT2D eigenvalue weighted by molar-refractivity contribution is -0.271. The van der Waals surface area contributed by atoms with E-state index in [1.807, 2.05) is 0 Å². The number of carbonyl (C=O) groups excluding carboxylic acids is 2. The fraction of sp³-hybridized carbons (Fsp3) is 0.935. The second-order valence-corrected chi connectivity index (χ2v) is 14.1. The molecule has 36 heavy (non-hydrogen) atoms. The van der Waals surface area contributed by atoms with Gasteiger partial charge in [0.1, 0.15) is 17.8 Å². The van der Waals surface area contributed by atoms with Crippen molar-refractivity contribution in [3.63, 3.8) is 0 Å². The summed E-state index contributed by atoms with van der Waals surface area (Å²) in [4.78, 5) is 23.9. The van der Waals surface area contributed by atoms with Crippen molar-refractivity contribution in [2.24, 2.45) is 46.3 Å². The van der Waals surface area contributed by atoms with Crippen LogP contribution < -0.4 is 0 Å². The highest BCUT2D eigenvalue weighted by Gasteiger charge is 2.68. The van der Waals surface area contributed by atoms with Gasteiger partial charge in [0, 0.05) is 25.7 Å². The molecule has 0 heterocycles. The van der Waals surface area contributed by atoms with E-state index in [0.717, 1.165) is 43.4 Å². The number of aliphatic hydroxyl groups is 1. The third-order valence-electron chi connectivity index (χ3n) is 11.6. The summed E-state index contributed by atoms with van der Waals surface area (Å²) in [5.74, 6) is 3.15. The largest absolute Gasteiger partial charge is 0.462 e. The van der Waals surface area contributed by atoms with Gasteiger partial charge in [-0.25, -0.2) is 0 Å². The molecule has 1 N–H and O–H groups in total. The molecule has 4 fully saturated rings. The first-order valence-corrected chi connectivity index (χ1v) is 14.9. The Labute approximate surface area is 219 Å². The number of fused-ring (bicyclic) bond motifs is 5. The predicted molar refractivity (Wildman–Crippen MR) is 141 cm³/mol. The quantitative estimate of drug-likeness (QED) is 0.391. The van der Waals surface area contributed by atoms with Crippen LogP contribution in [0.5, 0.6) is 0 Å². The Morgan fingerprint density at radius 3 is 2.25 bits per heavy atom. The Morgan fingerprint density at radius 2 is 1.61 bits per heavy atom. The van der Waals surface area contributed by atoms with E-state index in [1.54, 1.807) is 0 Å². The summed E-state index contributed by atoms with van der Waals surface area (Å²) in [6.07, 6.45) is 10.7. The molecule has 0 spiro atoms. The first kappa shape index (κ1) is 27.9. The van der Waals surface area contributed by atoms with Crippen molar-refractivity contribution < 1.29 is 24.2 Å². The van der Waals surface area contributed by atoms with E-state index in [4.69, 9.17) is 9.47 Å². The zero-order chi connectivity index (χ0) is 26.5. The van der Waals surface area contributed by atoms with Gasteiger partial charge in [-0.05, 0) is 85.9 Å². The molecule has 206 valence electrons. The molecule has 4 rings (SSSR count). The van der Waals surface area contributed by atoms with E-state index in [9.17, 15) is 14.7 Å². The van der Waals surface area contributed by atoms with Gasteiger partial charge in [-0.3, -0.25) is 9.59 Å². The van der Waals surface area contributed by atoms with Gasteiger partial charge >= 0.3 is 11.9 Å². The summed E-state index contributed by atoms with van der Waals surface area (Å²) >= 11 is 0. The van der Waals surface area contributed by atoms with Crippen LogP contribution in [0.15, 0.2) is 0 Å². The number of hydrogen-bond donors (Lipinski definition) is 1. The zero-order valence-corrected chi connectivity index (χ0v) is 24.0. The number of hydrogen-bond acceptors (Lipinski definition) is 5. The van der Waals surface area contributed by atoms with E-state index in [1.165, 1.54) is 52.4 Å². The highest BCUT2D eigenvalue weighted by molar-refractivity contribution is 5.66. The average Bonchev–Trinajstić information content (AvgIpc) is 3.12. The second-order valence-electron chi connectivity index (χ2n) is 14.1. The van der Waals surface area contributed by atoms with Gasteiger partial charge in [-0.1, -0.05) is 53.9 Å². The van der Waals surface area contributed by atoms with Crippen LogP contribution in [0.4, 0.5) is 0 Å². The standard InChI is InChI=1S/C31H52O5/c1-19(2)9-8-10-20(3)25-11-12-26-24-17-28(36-22(5)33)31(34)18-23(35-21(4)32)13-16-30(31,7)27(24)14-15-29(25,26)6/h19-20,23-28,34H,8-18H2,1-7H3/t20-,23+,24-,25-,26-,27-,28-,29-,30-,31+/m1/s1. The fourth-order valence-electron chi connectivity index (χ4n) is 9.92. The van der Waals surface area contributed by atoms with E-state index in [0.29, 0.717) is 29.6 Å². The molecule has 4 aliphatic rings. The van der Waals surface area contributed by atoms with Crippen molar-refractivity contribution in [1.82, 2.24) is 0 Å². The van der Waals surface area contributed by atoms with Crippen molar-refractivity contribution in [2.75, 3.05) is 0 Å². The van der Waals surface area contributed by atoms with E-state index >= 15 is 0 Å². The maximum atomic E-state index is 12.3. The Kier molecular flexibility index (Phi) is 7.93. The summed E-state index contributed by atoms with van der Waals surface area (Å²) in [5.41, 5.74) is -1.16. The SMILES string of the molecule is CC(=O)O[C@H]1CC[C@]2(C)[C@@H]3CC[C@@]4(C)[C@H](CC[C@@H]4[C@H](C)CCCC(C)C)[C@H]3C[C@@H](OC(C)=O)[C@@]2(O)C1. The summed E-state index contributed by atoms with van der Waals surface area (Å²) in [5, 5.41) is 12.3. The molecule has 0 radical (unpaired) electrons. The summed E-state index contributed by atoms with van der Waals surface area (Å²) in [6, 6.07) is 0. The van der Waals surface area contributed by atoms with Crippen LogP contribution in [-0.2, 0) is 19.1 Å². The van der Waals surface area contributed by atoms with Crippen molar-refractivity contribution in [3.8, 4) is 0 Å². The summed E-state index contributed by atoms with van der Waals surface area (Å²) in [7, 11) is 0. The lowest BCUT2D eigenvalue weighted by Crippen LogP contribution is -2.69. The van der Waals surface area contributed by atoms with E-state index in [2.05, 4.69) is 34.6 Å². The van der Waals surface area contributed by atoms with Crippen LogP contribution in [0.2, 0.25) is 0 Å². The lowest BCUT2D eigenvalue weighted by atomic mass is 9.42. The topological polar surface area (TPSA) is 72.8 Å². The monoisotopic (exact) mass is 504 g/mol. The van der Waals surface area contributed by atoms with Crippen molar-refractivity contribution in [1.29, 1.82) is 0 Å². The van der Waals surface area contributed by atoms with Gasteiger partial charge in [0.25, 0.3) is 0 Å². The Balaban J connectivity index is 1.59. The normalized spacial score (nSPS) is 44.8. The molecule has 0 unspecified atom stereocenters. The van der Waals surface area contributed by atoms with Crippen LogP contribution in [-0.4, -0.2) is 34.9 Å². The van der Waals surface area contributed by atoms with E-state index in [-0.39, 0.29) is 23.5 Å². The molecule has 0 aliphatic heterocycles. The molecule has 0 aromatic rings. The predicted octanol–water partition coefficient (Wildman–Crippen LogP) is 6.70. The third-order valence-corrected chi connectivity index (χ3v) is 11.6. The number of rotatable bonds is 7. The lowest BCUT2D eigenvalue weighted by Gasteiger charge is -2.65. The van der Waals surface area contributed by atoms with E-state index < -0.39 is 11.7 Å². The number of esters is 2. The molecule has 5 nitrogen and oxygen atoms in total. The van der Waals surface area contributed by atoms with Crippen molar-refractivity contribution in [2.45, 2.75) is 137 Å². The molecule has 0 aromatic heterocycles. The van der Waals surface area contributed by atoms with Crippen LogP contribution in [0, 0.1) is 46.3 Å². The molecule has 5 heteroatoms. The Bertz CT molecular complexity index is 824. The summed E-state index contributed by atoms with van der Waals surface area (Å²) in [6.45, 7) is 14.8. The molecule has 0 saturated heterocycles. The maximum absolute atomic E-state index is 12.3. The van der Waals surface area contributed by atoms with Gasteiger partial charge in [0.15, 0.2) is 0 Å². The van der Waals surface area contributed by atoms with Gasteiger partial charge in [-0.15, -0.1) is 0 Å². The van der Waals surface area contributed by atoms with Gasteiger partial charge in [-0.2, -0.15) is 0 Å². The maximum Gasteiger partial charge on any atom is 0.303 e. The van der Waals surface area contributed by atoms with Gasteiger partial charge in [0.2, 0.25) is 0 Å². The highest BCUT2D eigenvalue weighted by atomic mass is 16.6. The van der Waals surface area contributed by atoms with Crippen LogP contribution in [0.25, 0.3) is 0 Å². The number of ether oxygens (including phenoxy) is 2. The smallest absolute Gasteiger partial charge is 0.303 e. The van der Waals surface area contributed by atoms with Gasteiger partial charge in [0.05, 0.1) is 0 Å². The number of carbonyl (C=O) groups is 2. The van der Waals surface area contributed by atoms with Crippen molar-refractivity contribution in [3.05, 3.63) is 0 Å². The molecule has 0 aromatic carbocycles. The second kappa shape index (κ2) is 10.2. The minimum Gasteiger partial charge on any atom is -0.462 e. The molecular formula is C31H52O5. The van der Waals surface area contributed by atoms with Crippen molar-refractivity contribution >= 4 is 11.9 Å². The Morgan fingerprint density at radius 1 is 0.917 bits per heavy atom. The minimum absolute atomic E-state index is 0.308. The molecule has 10 atom stereocenters. The van der Waals surface area contributed by atoms with Crippen LogP contribution in [0.3, 0.4) is 0 Å². The van der Waals surface area contributed by atoms with Crippen LogP contribution >= 0.6 is 0 Å². The molecule has 0 bridgehead atoms.